The maximum atomic E-state index is 5.98. The van der Waals surface area contributed by atoms with E-state index in [4.69, 9.17) is 5.73 Å². The smallest absolute Gasteiger partial charge is 0.0463 e. The predicted octanol–water partition coefficient (Wildman–Crippen LogP) is 4.99. The zero-order valence-electron chi connectivity index (χ0n) is 12.0. The van der Waals surface area contributed by atoms with E-state index in [1.54, 1.807) is 0 Å². The van der Waals surface area contributed by atoms with Gasteiger partial charge in [-0.15, -0.1) is 0 Å². The largest absolute Gasteiger partial charge is 0.398 e. The van der Waals surface area contributed by atoms with Crippen molar-refractivity contribution >= 4 is 17.1 Å². The molecule has 3 aromatic carbocycles. The molecule has 2 nitrogen and oxygen atoms in total. The lowest BCUT2D eigenvalue weighted by Crippen LogP contribution is -1.96. The van der Waals surface area contributed by atoms with E-state index in [0.29, 0.717) is 0 Å². The molecule has 104 valence electrons. The topological polar surface area (TPSA) is 38.0 Å². The second-order valence-corrected chi connectivity index (χ2v) is 5.11. The first kappa shape index (κ1) is 13.3. The summed E-state index contributed by atoms with van der Waals surface area (Å²) in [5.74, 6) is 0. The highest BCUT2D eigenvalue weighted by molar-refractivity contribution is 5.81. The zero-order chi connectivity index (χ0) is 14.7. The van der Waals surface area contributed by atoms with Crippen molar-refractivity contribution < 1.29 is 0 Å². The van der Waals surface area contributed by atoms with E-state index in [1.807, 2.05) is 37.3 Å². The van der Waals surface area contributed by atoms with Crippen LogP contribution < -0.4 is 11.1 Å². The van der Waals surface area contributed by atoms with Crippen LogP contribution in [0.1, 0.15) is 5.56 Å². The number of hydrogen-bond donors (Lipinski definition) is 2. The molecule has 0 amide bonds. The van der Waals surface area contributed by atoms with E-state index in [-0.39, 0.29) is 0 Å². The quantitative estimate of drug-likeness (QED) is 0.660. The van der Waals surface area contributed by atoms with E-state index in [0.717, 1.165) is 22.6 Å². The zero-order valence-corrected chi connectivity index (χ0v) is 12.0. The summed E-state index contributed by atoms with van der Waals surface area (Å²) < 4.78 is 0. The van der Waals surface area contributed by atoms with Gasteiger partial charge in [-0.25, -0.2) is 0 Å². The van der Waals surface area contributed by atoms with Crippen molar-refractivity contribution in [2.45, 2.75) is 6.92 Å². The monoisotopic (exact) mass is 274 g/mol. The number of anilines is 3. The van der Waals surface area contributed by atoms with Crippen molar-refractivity contribution in [1.82, 2.24) is 0 Å². The van der Waals surface area contributed by atoms with Gasteiger partial charge in [-0.05, 0) is 36.2 Å². The van der Waals surface area contributed by atoms with Gasteiger partial charge in [-0.3, -0.25) is 0 Å². The molecule has 0 fully saturated rings. The Kier molecular flexibility index (Phi) is 3.61. The highest BCUT2D eigenvalue weighted by atomic mass is 14.9. The molecular weight excluding hydrogens is 256 g/mol. The molecule has 0 radical (unpaired) electrons. The fourth-order valence-electron chi connectivity index (χ4n) is 2.34. The van der Waals surface area contributed by atoms with Gasteiger partial charge in [-0.2, -0.15) is 0 Å². The first-order chi connectivity index (χ1) is 10.2. The number of hydrogen-bond acceptors (Lipinski definition) is 2. The molecule has 0 saturated carbocycles. The Balaban J connectivity index is 1.98. The lowest BCUT2D eigenvalue weighted by molar-refractivity contribution is 1.45. The first-order valence-electron chi connectivity index (χ1n) is 7.01. The standard InChI is InChI=1S/C19H18N2/c1-14-11-12-16(13-18(14)20)21-19-10-6-5-9-17(19)15-7-3-2-4-8-15/h2-13,21H,20H2,1H3. The molecule has 0 aliphatic rings. The second-order valence-electron chi connectivity index (χ2n) is 5.11. The van der Waals surface area contributed by atoms with E-state index >= 15 is 0 Å². The summed E-state index contributed by atoms with van der Waals surface area (Å²) in [5, 5.41) is 3.46. The van der Waals surface area contributed by atoms with E-state index < -0.39 is 0 Å². The molecule has 21 heavy (non-hydrogen) atoms. The van der Waals surface area contributed by atoms with Crippen LogP contribution in [0.4, 0.5) is 17.1 Å². The maximum Gasteiger partial charge on any atom is 0.0463 e. The number of para-hydroxylation sites is 1. The number of nitrogens with two attached hydrogens (primary N) is 1. The summed E-state index contributed by atoms with van der Waals surface area (Å²) in [7, 11) is 0. The summed E-state index contributed by atoms with van der Waals surface area (Å²) >= 11 is 0. The number of nitrogens with one attached hydrogen (secondary N) is 1. The summed E-state index contributed by atoms with van der Waals surface area (Å²) in [6.45, 7) is 2.01. The van der Waals surface area contributed by atoms with Crippen molar-refractivity contribution in [3.8, 4) is 11.1 Å². The van der Waals surface area contributed by atoms with Gasteiger partial charge in [0, 0.05) is 22.6 Å². The molecule has 0 saturated heterocycles. The van der Waals surface area contributed by atoms with Crippen molar-refractivity contribution in [3.05, 3.63) is 78.4 Å². The molecule has 0 spiro atoms. The summed E-state index contributed by atoms with van der Waals surface area (Å²) in [5.41, 5.74) is 12.3. The van der Waals surface area contributed by atoms with Crippen LogP contribution in [0.25, 0.3) is 11.1 Å². The maximum absolute atomic E-state index is 5.98. The summed E-state index contributed by atoms with van der Waals surface area (Å²) in [6, 6.07) is 24.7. The third-order valence-corrected chi connectivity index (χ3v) is 3.57. The van der Waals surface area contributed by atoms with Crippen LogP contribution in [-0.2, 0) is 0 Å². The highest BCUT2D eigenvalue weighted by Gasteiger charge is 2.05. The normalized spacial score (nSPS) is 10.3. The predicted molar refractivity (Wildman–Crippen MR) is 90.8 cm³/mol. The number of aryl methyl sites for hydroxylation is 1. The Morgan fingerprint density at radius 2 is 1.52 bits per heavy atom. The van der Waals surface area contributed by atoms with Crippen molar-refractivity contribution in [2.24, 2.45) is 0 Å². The van der Waals surface area contributed by atoms with Crippen LogP contribution in [0.3, 0.4) is 0 Å². The Bertz CT molecular complexity index is 749. The number of rotatable bonds is 3. The Morgan fingerprint density at radius 3 is 2.29 bits per heavy atom. The van der Waals surface area contributed by atoms with Gasteiger partial charge in [0.2, 0.25) is 0 Å². The molecule has 3 rings (SSSR count). The minimum Gasteiger partial charge on any atom is -0.398 e. The van der Waals surface area contributed by atoms with E-state index in [1.165, 1.54) is 11.1 Å². The fourth-order valence-corrected chi connectivity index (χ4v) is 2.34. The molecule has 0 heterocycles. The summed E-state index contributed by atoms with van der Waals surface area (Å²) in [4.78, 5) is 0. The molecule has 3 aromatic rings. The van der Waals surface area contributed by atoms with Crippen molar-refractivity contribution in [2.75, 3.05) is 11.1 Å². The van der Waals surface area contributed by atoms with E-state index in [9.17, 15) is 0 Å². The lowest BCUT2D eigenvalue weighted by atomic mass is 10.0. The van der Waals surface area contributed by atoms with Gasteiger partial charge in [0.05, 0.1) is 0 Å². The SMILES string of the molecule is Cc1ccc(Nc2ccccc2-c2ccccc2)cc1N. The van der Waals surface area contributed by atoms with E-state index in [2.05, 4.69) is 47.8 Å². The van der Waals surface area contributed by atoms with Crippen LogP contribution in [0.2, 0.25) is 0 Å². The van der Waals surface area contributed by atoms with Crippen LogP contribution in [0, 0.1) is 6.92 Å². The number of benzene rings is 3. The van der Waals surface area contributed by atoms with Crippen molar-refractivity contribution in [3.63, 3.8) is 0 Å². The molecule has 0 bridgehead atoms. The van der Waals surface area contributed by atoms with Gasteiger partial charge in [0.1, 0.15) is 0 Å². The molecule has 0 aliphatic heterocycles. The average Bonchev–Trinajstić information content (AvgIpc) is 2.52. The Labute approximate surface area is 125 Å². The molecule has 0 unspecified atom stereocenters. The second kappa shape index (κ2) is 5.71. The lowest BCUT2D eigenvalue weighted by Gasteiger charge is -2.13. The van der Waals surface area contributed by atoms with Crippen LogP contribution in [-0.4, -0.2) is 0 Å². The van der Waals surface area contributed by atoms with Crippen LogP contribution in [0.5, 0.6) is 0 Å². The Morgan fingerprint density at radius 1 is 0.810 bits per heavy atom. The third kappa shape index (κ3) is 2.90. The van der Waals surface area contributed by atoms with Gasteiger partial charge in [0.25, 0.3) is 0 Å². The number of nitrogen functional groups attached to an aromatic ring is 1. The van der Waals surface area contributed by atoms with Gasteiger partial charge in [-0.1, -0.05) is 54.6 Å². The third-order valence-electron chi connectivity index (χ3n) is 3.57. The molecule has 0 atom stereocenters. The molecule has 3 N–H and O–H groups in total. The average molecular weight is 274 g/mol. The van der Waals surface area contributed by atoms with Crippen LogP contribution >= 0.6 is 0 Å². The highest BCUT2D eigenvalue weighted by Crippen LogP contribution is 2.30. The van der Waals surface area contributed by atoms with Gasteiger partial charge in [0.15, 0.2) is 0 Å². The molecule has 0 aliphatic carbocycles. The van der Waals surface area contributed by atoms with Gasteiger partial charge >= 0.3 is 0 Å². The molecule has 2 heteroatoms. The molecule has 0 aromatic heterocycles. The summed E-state index contributed by atoms with van der Waals surface area (Å²) in [6.07, 6.45) is 0. The van der Waals surface area contributed by atoms with Gasteiger partial charge < -0.3 is 11.1 Å². The first-order valence-corrected chi connectivity index (χ1v) is 7.01. The minimum atomic E-state index is 0.803. The van der Waals surface area contributed by atoms with Crippen LogP contribution in [0.15, 0.2) is 72.8 Å². The fraction of sp³-hybridized carbons (Fsp3) is 0.0526. The molecular formula is C19H18N2. The minimum absolute atomic E-state index is 0.803. The Hall–Kier alpha value is -2.74. The van der Waals surface area contributed by atoms with Crippen molar-refractivity contribution in [1.29, 1.82) is 0 Å².